The fourth-order valence-electron chi connectivity index (χ4n) is 3.16. The molecule has 2 rings (SSSR count). The molecule has 0 saturated carbocycles. The first kappa shape index (κ1) is 15.0. The number of likely N-dealkylation sites (tertiary alicyclic amines) is 1. The van der Waals surface area contributed by atoms with Crippen molar-refractivity contribution in [3.05, 3.63) is 18.0 Å². The zero-order valence-electron chi connectivity index (χ0n) is 12.7. The van der Waals surface area contributed by atoms with Crippen molar-refractivity contribution in [3.8, 4) is 0 Å². The predicted octanol–water partition coefficient (Wildman–Crippen LogP) is 2.68. The molecule has 0 spiro atoms. The topological polar surface area (TPSA) is 58.4 Å². The van der Waals surface area contributed by atoms with Crippen molar-refractivity contribution < 1.29 is 9.90 Å². The van der Waals surface area contributed by atoms with Gasteiger partial charge < -0.3 is 5.11 Å². The monoisotopic (exact) mass is 279 g/mol. The molecule has 1 aromatic rings. The number of nitrogens with zero attached hydrogens (tertiary/aromatic N) is 3. The van der Waals surface area contributed by atoms with Crippen LogP contribution in [0.15, 0.2) is 12.3 Å². The molecule has 20 heavy (non-hydrogen) atoms. The SMILES string of the molecule is CCCC1(C(=O)O)CCCN1Cc1ccn(C(C)C)n1. The average Bonchev–Trinajstić information content (AvgIpc) is 2.99. The lowest BCUT2D eigenvalue weighted by molar-refractivity contribution is -0.150. The molecule has 1 aliphatic heterocycles. The van der Waals surface area contributed by atoms with Crippen molar-refractivity contribution in [3.63, 3.8) is 0 Å². The number of hydrogen-bond acceptors (Lipinski definition) is 3. The van der Waals surface area contributed by atoms with Gasteiger partial charge in [-0.05, 0) is 45.7 Å². The zero-order valence-corrected chi connectivity index (χ0v) is 12.7. The highest BCUT2D eigenvalue weighted by atomic mass is 16.4. The number of carboxylic acids is 1. The number of carbonyl (C=O) groups is 1. The Bertz CT molecular complexity index is 469. The predicted molar refractivity (Wildman–Crippen MR) is 77.5 cm³/mol. The van der Waals surface area contributed by atoms with Gasteiger partial charge in [-0.1, -0.05) is 13.3 Å². The van der Waals surface area contributed by atoms with Gasteiger partial charge in [-0.15, -0.1) is 0 Å². The first-order chi connectivity index (χ1) is 9.49. The van der Waals surface area contributed by atoms with E-state index in [0.29, 0.717) is 19.0 Å². The molecule has 0 amide bonds. The summed E-state index contributed by atoms with van der Waals surface area (Å²) in [5.41, 5.74) is 0.276. The van der Waals surface area contributed by atoms with E-state index >= 15 is 0 Å². The molecule has 112 valence electrons. The first-order valence-corrected chi connectivity index (χ1v) is 7.52. The molecule has 2 heterocycles. The summed E-state index contributed by atoms with van der Waals surface area (Å²) in [6.45, 7) is 7.71. The quantitative estimate of drug-likeness (QED) is 0.869. The Hall–Kier alpha value is -1.36. The highest BCUT2D eigenvalue weighted by molar-refractivity contribution is 5.79. The van der Waals surface area contributed by atoms with E-state index in [4.69, 9.17) is 0 Å². The number of rotatable bonds is 6. The van der Waals surface area contributed by atoms with Gasteiger partial charge in [0.15, 0.2) is 0 Å². The fourth-order valence-corrected chi connectivity index (χ4v) is 3.16. The molecule has 1 aromatic heterocycles. The van der Waals surface area contributed by atoms with Crippen molar-refractivity contribution >= 4 is 5.97 Å². The Balaban J connectivity index is 2.15. The van der Waals surface area contributed by atoms with Crippen molar-refractivity contribution in [2.75, 3.05) is 6.54 Å². The Morgan fingerprint density at radius 1 is 1.55 bits per heavy atom. The smallest absolute Gasteiger partial charge is 0.324 e. The van der Waals surface area contributed by atoms with Crippen LogP contribution in [-0.4, -0.2) is 37.8 Å². The summed E-state index contributed by atoms with van der Waals surface area (Å²) >= 11 is 0. The van der Waals surface area contributed by atoms with Gasteiger partial charge >= 0.3 is 5.97 Å². The third-order valence-corrected chi connectivity index (χ3v) is 4.23. The Kier molecular flexibility index (Phi) is 4.48. The molecule has 0 radical (unpaired) electrons. The van der Waals surface area contributed by atoms with E-state index in [1.54, 1.807) is 0 Å². The summed E-state index contributed by atoms with van der Waals surface area (Å²) in [5.74, 6) is -0.680. The molecule has 0 aliphatic carbocycles. The van der Waals surface area contributed by atoms with Gasteiger partial charge in [-0.2, -0.15) is 5.10 Å². The first-order valence-electron chi connectivity index (χ1n) is 7.52. The third-order valence-electron chi connectivity index (χ3n) is 4.23. The maximum Gasteiger partial charge on any atom is 0.324 e. The van der Waals surface area contributed by atoms with Crippen LogP contribution >= 0.6 is 0 Å². The summed E-state index contributed by atoms with van der Waals surface area (Å²) in [7, 11) is 0. The van der Waals surface area contributed by atoms with Crippen molar-refractivity contribution in [1.82, 2.24) is 14.7 Å². The number of aromatic nitrogens is 2. The average molecular weight is 279 g/mol. The molecular weight excluding hydrogens is 254 g/mol. The van der Waals surface area contributed by atoms with Gasteiger partial charge in [0.25, 0.3) is 0 Å². The van der Waals surface area contributed by atoms with Gasteiger partial charge in [-0.3, -0.25) is 14.4 Å². The summed E-state index contributed by atoms with van der Waals surface area (Å²) in [5, 5.41) is 14.2. The number of aliphatic carboxylic acids is 1. The molecule has 1 saturated heterocycles. The van der Waals surface area contributed by atoms with Crippen LogP contribution in [0.1, 0.15) is 58.2 Å². The molecule has 5 heteroatoms. The second-order valence-electron chi connectivity index (χ2n) is 5.99. The summed E-state index contributed by atoms with van der Waals surface area (Å²) in [4.78, 5) is 13.9. The van der Waals surface area contributed by atoms with Gasteiger partial charge in [0.2, 0.25) is 0 Å². The van der Waals surface area contributed by atoms with Crippen LogP contribution < -0.4 is 0 Å². The molecule has 1 N–H and O–H groups in total. The Labute approximate surface area is 120 Å². The van der Waals surface area contributed by atoms with E-state index in [1.165, 1.54) is 0 Å². The number of carboxylic acid groups (broad SMARTS) is 1. The minimum atomic E-state index is -0.684. The largest absolute Gasteiger partial charge is 0.480 e. The van der Waals surface area contributed by atoms with Crippen LogP contribution in [-0.2, 0) is 11.3 Å². The van der Waals surface area contributed by atoms with Gasteiger partial charge in [0.05, 0.1) is 5.69 Å². The Morgan fingerprint density at radius 2 is 2.30 bits per heavy atom. The van der Waals surface area contributed by atoms with Crippen molar-refractivity contribution in [1.29, 1.82) is 0 Å². The van der Waals surface area contributed by atoms with Gasteiger partial charge in [0, 0.05) is 18.8 Å². The summed E-state index contributed by atoms with van der Waals surface area (Å²) in [6, 6.07) is 2.33. The van der Waals surface area contributed by atoms with Crippen LogP contribution in [0.25, 0.3) is 0 Å². The summed E-state index contributed by atoms with van der Waals surface area (Å²) in [6.07, 6.45) is 5.28. The van der Waals surface area contributed by atoms with Crippen LogP contribution in [0.2, 0.25) is 0 Å². The molecule has 0 aromatic carbocycles. The van der Waals surface area contributed by atoms with E-state index in [2.05, 4.69) is 30.8 Å². The van der Waals surface area contributed by atoms with E-state index in [-0.39, 0.29) is 0 Å². The van der Waals surface area contributed by atoms with Crippen molar-refractivity contribution in [2.24, 2.45) is 0 Å². The van der Waals surface area contributed by atoms with E-state index in [1.807, 2.05) is 16.9 Å². The third kappa shape index (κ3) is 2.73. The van der Waals surface area contributed by atoms with Crippen LogP contribution in [0.3, 0.4) is 0 Å². The molecule has 5 nitrogen and oxygen atoms in total. The highest BCUT2D eigenvalue weighted by Gasteiger charge is 2.46. The fraction of sp³-hybridized carbons (Fsp3) is 0.733. The maximum absolute atomic E-state index is 11.8. The van der Waals surface area contributed by atoms with E-state index in [9.17, 15) is 9.90 Å². The second-order valence-corrected chi connectivity index (χ2v) is 5.99. The second kappa shape index (κ2) is 5.95. The summed E-state index contributed by atoms with van der Waals surface area (Å²) < 4.78 is 1.92. The van der Waals surface area contributed by atoms with Crippen LogP contribution in [0, 0.1) is 0 Å². The van der Waals surface area contributed by atoms with Crippen LogP contribution in [0.4, 0.5) is 0 Å². The lowest BCUT2D eigenvalue weighted by atomic mass is 9.90. The van der Waals surface area contributed by atoms with Crippen LogP contribution in [0.5, 0.6) is 0 Å². The lowest BCUT2D eigenvalue weighted by Gasteiger charge is -2.34. The lowest BCUT2D eigenvalue weighted by Crippen LogP contribution is -2.50. The molecule has 1 fully saturated rings. The maximum atomic E-state index is 11.8. The van der Waals surface area contributed by atoms with Crippen molar-refractivity contribution in [2.45, 2.75) is 64.6 Å². The molecule has 1 unspecified atom stereocenters. The molecule has 1 atom stereocenters. The minimum Gasteiger partial charge on any atom is -0.480 e. The zero-order chi connectivity index (χ0) is 14.8. The van der Waals surface area contributed by atoms with Gasteiger partial charge in [-0.25, -0.2) is 0 Å². The molecule has 0 bridgehead atoms. The standard InChI is InChI=1S/C15H25N3O2/c1-4-7-15(14(19)20)8-5-9-17(15)11-13-6-10-18(16-13)12(2)3/h6,10,12H,4-5,7-9,11H2,1-3H3,(H,19,20). The molecule has 1 aliphatic rings. The minimum absolute atomic E-state index is 0.335. The van der Waals surface area contributed by atoms with E-state index in [0.717, 1.165) is 31.5 Å². The van der Waals surface area contributed by atoms with E-state index < -0.39 is 11.5 Å². The highest BCUT2D eigenvalue weighted by Crippen LogP contribution is 2.35. The Morgan fingerprint density at radius 3 is 2.85 bits per heavy atom. The number of hydrogen-bond donors (Lipinski definition) is 1. The van der Waals surface area contributed by atoms with Gasteiger partial charge in [0.1, 0.15) is 5.54 Å². The normalized spacial score (nSPS) is 23.6. The molecular formula is C15H25N3O2.